The third kappa shape index (κ3) is 18.7. The molecule has 5 N–H and O–H groups in total. The van der Waals surface area contributed by atoms with E-state index in [9.17, 15) is 0 Å². The standard InChI is InChI=1S/H3N.H2O2.Ti/c;1-2;/h1H3;1-2H;. The molecule has 0 heterocycles. The molecule has 0 aliphatic heterocycles. The molecule has 0 aliphatic rings. The summed E-state index contributed by atoms with van der Waals surface area (Å²) in [7, 11) is 0. The summed E-state index contributed by atoms with van der Waals surface area (Å²) in [6.07, 6.45) is 0. The Balaban J connectivity index is -0.00000000500. The zero-order valence-electron chi connectivity index (χ0n) is 2.10. The van der Waals surface area contributed by atoms with Gasteiger partial charge in [-0.3, -0.25) is 10.5 Å². The Kier molecular flexibility index (Phi) is 400. The van der Waals surface area contributed by atoms with E-state index in [0.29, 0.717) is 0 Å². The molecule has 0 aromatic heterocycles. The molecule has 0 radical (unpaired) electrons. The molecule has 0 aromatic carbocycles. The molecule has 26 valence electrons. The third-order valence-electron chi connectivity index (χ3n) is 0. The van der Waals surface area contributed by atoms with Gasteiger partial charge in [0.2, 0.25) is 0 Å². The maximum atomic E-state index is 6.00. The first-order valence-electron chi connectivity index (χ1n) is 0.200. The Hall–Kier alpha value is 0.594. The van der Waals surface area contributed by atoms with Crippen molar-refractivity contribution in [3.05, 3.63) is 0 Å². The van der Waals surface area contributed by atoms with Crippen LogP contribution >= 0.6 is 0 Å². The number of rotatable bonds is 0. The quantitative estimate of drug-likeness (QED) is 0.230. The summed E-state index contributed by atoms with van der Waals surface area (Å²) in [4.78, 5) is 0. The van der Waals surface area contributed by atoms with Crippen molar-refractivity contribution in [3.8, 4) is 0 Å². The van der Waals surface area contributed by atoms with Crippen LogP contribution in [0, 0.1) is 0 Å². The van der Waals surface area contributed by atoms with Gasteiger partial charge in [-0.05, 0) is 0 Å². The van der Waals surface area contributed by atoms with E-state index in [1.54, 1.807) is 0 Å². The summed E-state index contributed by atoms with van der Waals surface area (Å²) in [5, 5.41) is 12.0. The van der Waals surface area contributed by atoms with Crippen LogP contribution in [0.25, 0.3) is 0 Å². The number of hydrogen-bond acceptors (Lipinski definition) is 3. The molecule has 0 aliphatic carbocycles. The zero-order valence-corrected chi connectivity index (χ0v) is 3.66. The first kappa shape index (κ1) is 23.4. The Morgan fingerprint density at radius 1 is 1.00 bits per heavy atom. The fourth-order valence-corrected chi connectivity index (χ4v) is 0. The predicted octanol–water partition coefficient (Wildman–Crippen LogP) is 0.177. The van der Waals surface area contributed by atoms with Gasteiger partial charge in [-0.25, -0.2) is 0 Å². The van der Waals surface area contributed by atoms with Crippen molar-refractivity contribution in [2.45, 2.75) is 0 Å². The van der Waals surface area contributed by atoms with Gasteiger partial charge in [-0.15, -0.1) is 0 Å². The summed E-state index contributed by atoms with van der Waals surface area (Å²) < 4.78 is 0. The van der Waals surface area contributed by atoms with Gasteiger partial charge in [0, 0.05) is 21.7 Å². The summed E-state index contributed by atoms with van der Waals surface area (Å²) in [6.45, 7) is 0. The van der Waals surface area contributed by atoms with Crippen molar-refractivity contribution >= 4 is 0 Å². The molecule has 0 fully saturated rings. The van der Waals surface area contributed by atoms with Crippen molar-refractivity contribution < 1.29 is 32.2 Å². The van der Waals surface area contributed by atoms with Crippen LogP contribution in [0.2, 0.25) is 0 Å². The zero-order chi connectivity index (χ0) is 2.00. The van der Waals surface area contributed by atoms with E-state index in [4.69, 9.17) is 10.5 Å². The first-order valence-corrected chi connectivity index (χ1v) is 0.200. The van der Waals surface area contributed by atoms with Crippen LogP contribution in [0.3, 0.4) is 0 Å². The molecule has 0 bridgehead atoms. The van der Waals surface area contributed by atoms with E-state index in [-0.39, 0.29) is 27.9 Å². The topological polar surface area (TPSA) is 75.5 Å². The van der Waals surface area contributed by atoms with Gasteiger partial charge in [0.15, 0.2) is 0 Å². The fourth-order valence-electron chi connectivity index (χ4n) is 0. The molecule has 0 atom stereocenters. The molecule has 0 saturated heterocycles. The van der Waals surface area contributed by atoms with Gasteiger partial charge in [-0.1, -0.05) is 0 Å². The molecule has 3 nitrogen and oxygen atoms in total. The van der Waals surface area contributed by atoms with E-state index < -0.39 is 0 Å². The SMILES string of the molecule is N.OO.[Ti]. The third-order valence-corrected chi connectivity index (χ3v) is 0. The van der Waals surface area contributed by atoms with Crippen molar-refractivity contribution in [1.82, 2.24) is 6.15 Å². The predicted molar refractivity (Wildman–Crippen MR) is 10.3 cm³/mol. The van der Waals surface area contributed by atoms with Crippen molar-refractivity contribution in [3.63, 3.8) is 0 Å². The smallest absolute Gasteiger partial charge is 0 e. The first-order chi connectivity index (χ1) is 1.00. The fraction of sp³-hybridized carbons (Fsp3) is 0. The average Bonchev–Trinajstić information content (AvgIpc) is 1.00. The van der Waals surface area contributed by atoms with Crippen molar-refractivity contribution in [1.29, 1.82) is 0 Å². The molecule has 0 saturated carbocycles. The molecule has 0 amide bonds. The van der Waals surface area contributed by atoms with Crippen molar-refractivity contribution in [2.75, 3.05) is 0 Å². The minimum Gasteiger partial charge on any atom is -0.344 e. The Bertz CT molecular complexity index is 6.00. The Labute approximate surface area is 39.0 Å². The van der Waals surface area contributed by atoms with E-state index >= 15 is 0 Å². The minimum absolute atomic E-state index is 0. The molecular weight excluding hydrogens is 93.9 g/mol. The minimum atomic E-state index is 0. The van der Waals surface area contributed by atoms with Gasteiger partial charge in [0.1, 0.15) is 0 Å². The maximum Gasteiger partial charge on any atom is 0 e. The van der Waals surface area contributed by atoms with Gasteiger partial charge < -0.3 is 6.15 Å². The molecule has 0 spiro atoms. The van der Waals surface area contributed by atoms with Gasteiger partial charge in [-0.2, -0.15) is 0 Å². The second kappa shape index (κ2) is 68.5. The van der Waals surface area contributed by atoms with Crippen LogP contribution in [-0.2, 0) is 21.7 Å². The molecule has 4 heteroatoms. The van der Waals surface area contributed by atoms with E-state index in [1.807, 2.05) is 0 Å². The van der Waals surface area contributed by atoms with E-state index in [1.165, 1.54) is 0 Å². The van der Waals surface area contributed by atoms with Crippen LogP contribution in [0.1, 0.15) is 0 Å². The molecular formula is H5NO2Ti. The maximum absolute atomic E-state index is 6.00. The van der Waals surface area contributed by atoms with Gasteiger partial charge >= 0.3 is 0 Å². The normalized spacial score (nSPS) is 1.50. The van der Waals surface area contributed by atoms with Crippen molar-refractivity contribution in [2.24, 2.45) is 0 Å². The van der Waals surface area contributed by atoms with Crippen LogP contribution in [0.15, 0.2) is 0 Å². The molecule has 0 unspecified atom stereocenters. The monoisotopic (exact) mass is 99.0 g/mol. The van der Waals surface area contributed by atoms with Crippen LogP contribution in [0.5, 0.6) is 0 Å². The van der Waals surface area contributed by atoms with E-state index in [0.717, 1.165) is 0 Å². The molecule has 4 heavy (non-hydrogen) atoms. The average molecular weight is 98.9 g/mol. The summed E-state index contributed by atoms with van der Waals surface area (Å²) >= 11 is 0. The van der Waals surface area contributed by atoms with Gasteiger partial charge in [0.25, 0.3) is 0 Å². The summed E-state index contributed by atoms with van der Waals surface area (Å²) in [5.74, 6) is 0. The van der Waals surface area contributed by atoms with E-state index in [2.05, 4.69) is 0 Å². The van der Waals surface area contributed by atoms with Crippen LogP contribution in [-0.4, -0.2) is 10.5 Å². The molecule has 0 rings (SSSR count). The summed E-state index contributed by atoms with van der Waals surface area (Å²) in [5.41, 5.74) is 0. The second-order valence-electron chi connectivity index (χ2n) is 0. The van der Waals surface area contributed by atoms with Crippen LogP contribution in [0.4, 0.5) is 0 Å². The van der Waals surface area contributed by atoms with Crippen LogP contribution < -0.4 is 6.15 Å². The Morgan fingerprint density at radius 2 is 1.00 bits per heavy atom. The largest absolute Gasteiger partial charge is 0.344 e. The van der Waals surface area contributed by atoms with Gasteiger partial charge in [0.05, 0.1) is 0 Å². The molecule has 0 aromatic rings. The number of hydrogen-bond donors (Lipinski definition) is 3. The second-order valence-corrected chi connectivity index (χ2v) is 0. The Morgan fingerprint density at radius 3 is 1.00 bits per heavy atom. The summed E-state index contributed by atoms with van der Waals surface area (Å²) in [6, 6.07) is 0.